The molecule has 1 unspecified atom stereocenters. The van der Waals surface area contributed by atoms with Crippen LogP contribution in [0.5, 0.6) is 0 Å². The SMILES string of the molecule is CCNC(=NCc1ccnc(N(C)C)c1)NC(C)CCC(C)(C)C. The number of aromatic nitrogens is 1. The van der Waals surface area contributed by atoms with Gasteiger partial charge in [-0.3, -0.25) is 0 Å². The maximum atomic E-state index is 4.72. The molecule has 24 heavy (non-hydrogen) atoms. The number of hydrogen-bond acceptors (Lipinski definition) is 3. The molecule has 1 aromatic rings. The summed E-state index contributed by atoms with van der Waals surface area (Å²) in [6.45, 7) is 12.7. The van der Waals surface area contributed by atoms with E-state index in [9.17, 15) is 0 Å². The lowest BCUT2D eigenvalue weighted by Crippen LogP contribution is -2.42. The fourth-order valence-electron chi connectivity index (χ4n) is 2.25. The van der Waals surface area contributed by atoms with Gasteiger partial charge in [-0.2, -0.15) is 0 Å². The Bertz CT molecular complexity index is 517. The third kappa shape index (κ3) is 8.18. The maximum absolute atomic E-state index is 4.72. The summed E-state index contributed by atoms with van der Waals surface area (Å²) in [7, 11) is 4.00. The lowest BCUT2D eigenvalue weighted by Gasteiger charge is -2.23. The third-order valence-electron chi connectivity index (χ3n) is 3.74. The Morgan fingerprint density at radius 2 is 2.04 bits per heavy atom. The number of nitrogens with zero attached hydrogens (tertiary/aromatic N) is 3. The first-order valence-electron chi connectivity index (χ1n) is 8.88. The Morgan fingerprint density at radius 1 is 1.33 bits per heavy atom. The number of anilines is 1. The first kappa shape index (κ1) is 20.3. The summed E-state index contributed by atoms with van der Waals surface area (Å²) in [5.41, 5.74) is 1.53. The van der Waals surface area contributed by atoms with Crippen molar-refractivity contribution in [2.24, 2.45) is 10.4 Å². The van der Waals surface area contributed by atoms with E-state index in [1.54, 1.807) is 0 Å². The molecule has 0 aliphatic carbocycles. The highest BCUT2D eigenvalue weighted by atomic mass is 15.2. The van der Waals surface area contributed by atoms with Crippen LogP contribution in [0, 0.1) is 5.41 Å². The lowest BCUT2D eigenvalue weighted by atomic mass is 9.89. The molecule has 0 aliphatic heterocycles. The molecule has 0 saturated carbocycles. The first-order valence-corrected chi connectivity index (χ1v) is 8.88. The summed E-state index contributed by atoms with van der Waals surface area (Å²) < 4.78 is 0. The van der Waals surface area contributed by atoms with Crippen molar-refractivity contribution >= 4 is 11.8 Å². The van der Waals surface area contributed by atoms with Gasteiger partial charge >= 0.3 is 0 Å². The summed E-state index contributed by atoms with van der Waals surface area (Å²) in [6.07, 6.45) is 4.16. The molecule has 0 aromatic carbocycles. The number of rotatable bonds is 7. The van der Waals surface area contributed by atoms with E-state index in [-0.39, 0.29) is 0 Å². The van der Waals surface area contributed by atoms with Crippen LogP contribution < -0.4 is 15.5 Å². The molecule has 0 aliphatic rings. The average molecular weight is 334 g/mol. The van der Waals surface area contributed by atoms with E-state index in [0.29, 0.717) is 18.0 Å². The molecular weight excluding hydrogens is 298 g/mol. The molecule has 1 heterocycles. The molecule has 0 radical (unpaired) electrons. The number of guanidine groups is 1. The predicted molar refractivity (Wildman–Crippen MR) is 105 cm³/mol. The van der Waals surface area contributed by atoms with Crippen molar-refractivity contribution in [2.45, 2.75) is 60.0 Å². The van der Waals surface area contributed by atoms with E-state index in [4.69, 9.17) is 4.99 Å². The second-order valence-corrected chi connectivity index (χ2v) is 7.76. The molecule has 0 fully saturated rings. The Hall–Kier alpha value is -1.78. The molecule has 0 bridgehead atoms. The minimum absolute atomic E-state index is 0.366. The first-order chi connectivity index (χ1) is 11.2. The normalized spacial score (nSPS) is 13.5. The van der Waals surface area contributed by atoms with Gasteiger partial charge in [0.05, 0.1) is 6.54 Å². The van der Waals surface area contributed by atoms with Gasteiger partial charge in [-0.15, -0.1) is 0 Å². The summed E-state index contributed by atoms with van der Waals surface area (Å²) in [5, 5.41) is 6.84. The zero-order valence-corrected chi connectivity index (χ0v) is 16.5. The van der Waals surface area contributed by atoms with Crippen molar-refractivity contribution in [2.75, 3.05) is 25.5 Å². The van der Waals surface area contributed by atoms with Crippen LogP contribution in [-0.2, 0) is 6.54 Å². The summed E-state index contributed by atoms with van der Waals surface area (Å²) in [5.74, 6) is 1.83. The molecule has 136 valence electrons. The second kappa shape index (κ2) is 9.50. The smallest absolute Gasteiger partial charge is 0.191 e. The molecule has 5 heteroatoms. The number of pyridine rings is 1. The zero-order valence-electron chi connectivity index (χ0n) is 16.5. The summed E-state index contributed by atoms with van der Waals surface area (Å²) >= 11 is 0. The van der Waals surface area contributed by atoms with Crippen LogP contribution in [0.15, 0.2) is 23.3 Å². The van der Waals surface area contributed by atoms with Gasteiger partial charge in [0.25, 0.3) is 0 Å². The van der Waals surface area contributed by atoms with Crippen LogP contribution in [0.3, 0.4) is 0 Å². The van der Waals surface area contributed by atoms with Gasteiger partial charge in [0.2, 0.25) is 0 Å². The van der Waals surface area contributed by atoms with Gasteiger partial charge in [-0.25, -0.2) is 9.98 Å². The van der Waals surface area contributed by atoms with Gasteiger partial charge in [0.1, 0.15) is 5.82 Å². The third-order valence-corrected chi connectivity index (χ3v) is 3.74. The predicted octanol–water partition coefficient (Wildman–Crippen LogP) is 3.42. The Balaban J connectivity index is 2.66. The van der Waals surface area contributed by atoms with E-state index >= 15 is 0 Å². The average Bonchev–Trinajstić information content (AvgIpc) is 2.50. The van der Waals surface area contributed by atoms with Crippen molar-refractivity contribution in [1.82, 2.24) is 15.6 Å². The van der Waals surface area contributed by atoms with Crippen molar-refractivity contribution in [3.63, 3.8) is 0 Å². The molecule has 1 atom stereocenters. The standard InChI is InChI=1S/C19H35N5/c1-8-20-18(23-15(2)9-11-19(3,4)5)22-14-16-10-12-21-17(13-16)24(6)7/h10,12-13,15H,8-9,11,14H2,1-7H3,(H2,20,22,23). The van der Waals surface area contributed by atoms with Gasteiger partial charge in [-0.05, 0) is 49.8 Å². The molecule has 5 nitrogen and oxygen atoms in total. The molecule has 0 amide bonds. The van der Waals surface area contributed by atoms with Gasteiger partial charge in [0.15, 0.2) is 5.96 Å². The van der Waals surface area contributed by atoms with E-state index in [2.05, 4.69) is 56.3 Å². The quantitative estimate of drug-likeness (QED) is 0.593. The van der Waals surface area contributed by atoms with Gasteiger partial charge < -0.3 is 15.5 Å². The van der Waals surface area contributed by atoms with E-state index in [1.807, 2.05) is 31.3 Å². The summed E-state index contributed by atoms with van der Waals surface area (Å²) in [4.78, 5) is 11.1. The van der Waals surface area contributed by atoms with Crippen LogP contribution in [0.2, 0.25) is 0 Å². The van der Waals surface area contributed by atoms with E-state index in [0.717, 1.165) is 30.3 Å². The molecule has 1 rings (SSSR count). The Morgan fingerprint density at radius 3 is 2.62 bits per heavy atom. The number of hydrogen-bond donors (Lipinski definition) is 2. The van der Waals surface area contributed by atoms with Crippen molar-refractivity contribution in [1.29, 1.82) is 0 Å². The van der Waals surface area contributed by atoms with Crippen LogP contribution in [-0.4, -0.2) is 37.6 Å². The minimum atomic E-state index is 0.366. The van der Waals surface area contributed by atoms with E-state index < -0.39 is 0 Å². The highest BCUT2D eigenvalue weighted by molar-refractivity contribution is 5.80. The molecule has 1 aromatic heterocycles. The van der Waals surface area contributed by atoms with Crippen molar-refractivity contribution in [3.8, 4) is 0 Å². The van der Waals surface area contributed by atoms with Crippen LogP contribution in [0.1, 0.15) is 53.0 Å². The molecule has 0 saturated heterocycles. The van der Waals surface area contributed by atoms with Gasteiger partial charge in [-0.1, -0.05) is 20.8 Å². The minimum Gasteiger partial charge on any atom is -0.363 e. The Kier molecular flexibility index (Phi) is 8.02. The fourth-order valence-corrected chi connectivity index (χ4v) is 2.25. The van der Waals surface area contributed by atoms with Crippen LogP contribution >= 0.6 is 0 Å². The molecule has 0 spiro atoms. The largest absolute Gasteiger partial charge is 0.363 e. The summed E-state index contributed by atoms with van der Waals surface area (Å²) in [6, 6.07) is 4.50. The maximum Gasteiger partial charge on any atom is 0.191 e. The van der Waals surface area contributed by atoms with E-state index in [1.165, 1.54) is 6.42 Å². The molecule has 2 N–H and O–H groups in total. The Labute approximate surface area is 148 Å². The highest BCUT2D eigenvalue weighted by Crippen LogP contribution is 2.21. The van der Waals surface area contributed by atoms with Crippen LogP contribution in [0.25, 0.3) is 0 Å². The number of nitrogens with one attached hydrogen (secondary N) is 2. The lowest BCUT2D eigenvalue weighted by molar-refractivity contribution is 0.346. The molecular formula is C19H35N5. The zero-order chi connectivity index (χ0) is 18.2. The van der Waals surface area contributed by atoms with Crippen molar-refractivity contribution in [3.05, 3.63) is 23.9 Å². The highest BCUT2D eigenvalue weighted by Gasteiger charge is 2.13. The number of aliphatic imine (C=N–C) groups is 1. The topological polar surface area (TPSA) is 52.6 Å². The second-order valence-electron chi connectivity index (χ2n) is 7.76. The monoisotopic (exact) mass is 333 g/mol. The fraction of sp³-hybridized carbons (Fsp3) is 0.684. The van der Waals surface area contributed by atoms with Gasteiger partial charge in [0, 0.05) is 32.9 Å². The van der Waals surface area contributed by atoms with Crippen molar-refractivity contribution < 1.29 is 0 Å². The van der Waals surface area contributed by atoms with Crippen LogP contribution in [0.4, 0.5) is 5.82 Å².